The van der Waals surface area contributed by atoms with Crippen LogP contribution < -0.4 is 0 Å². The van der Waals surface area contributed by atoms with Crippen molar-refractivity contribution in [3.05, 3.63) is 11.6 Å². The number of hydrogen-bond donors (Lipinski definition) is 1. The topological polar surface area (TPSA) is 40.5 Å². The van der Waals surface area contributed by atoms with Gasteiger partial charge in [0, 0.05) is 30.2 Å². The van der Waals surface area contributed by atoms with E-state index in [0.717, 1.165) is 36.2 Å². The van der Waals surface area contributed by atoms with Crippen LogP contribution in [-0.4, -0.2) is 46.6 Å². The molecule has 1 unspecified atom stereocenters. The zero-order chi connectivity index (χ0) is 11.3. The molecule has 1 saturated heterocycles. The first-order valence-corrected chi connectivity index (χ1v) is 6.37. The fraction of sp³-hybridized carbons (Fsp3) is 0.727. The van der Waals surface area contributed by atoms with E-state index < -0.39 is 5.97 Å². The number of carboxylic acids is 1. The van der Waals surface area contributed by atoms with Crippen molar-refractivity contribution in [2.24, 2.45) is 0 Å². The Balaban J connectivity index is 2.40. The first-order chi connectivity index (χ1) is 7.08. The highest BCUT2D eigenvalue weighted by molar-refractivity contribution is 7.99. The number of carboxylic acid groups (broad SMARTS) is 1. The highest BCUT2D eigenvalue weighted by Crippen LogP contribution is 2.18. The number of rotatable bonds is 3. The Hall–Kier alpha value is -0.480. The van der Waals surface area contributed by atoms with E-state index in [4.69, 9.17) is 5.11 Å². The molecule has 1 rings (SSSR count). The second-order valence-electron chi connectivity index (χ2n) is 4.08. The molecule has 0 aromatic heterocycles. The molecule has 0 spiro atoms. The van der Waals surface area contributed by atoms with Gasteiger partial charge in [-0.1, -0.05) is 12.5 Å². The highest BCUT2D eigenvalue weighted by atomic mass is 32.2. The van der Waals surface area contributed by atoms with Crippen LogP contribution in [-0.2, 0) is 4.79 Å². The number of hydrogen-bond acceptors (Lipinski definition) is 3. The Bertz CT molecular complexity index is 253. The third-order valence-electron chi connectivity index (χ3n) is 2.50. The van der Waals surface area contributed by atoms with Gasteiger partial charge in [-0.2, -0.15) is 11.8 Å². The van der Waals surface area contributed by atoms with Crippen LogP contribution in [0.15, 0.2) is 11.6 Å². The van der Waals surface area contributed by atoms with Crippen molar-refractivity contribution >= 4 is 17.7 Å². The van der Waals surface area contributed by atoms with E-state index in [9.17, 15) is 4.79 Å². The molecule has 1 atom stereocenters. The summed E-state index contributed by atoms with van der Waals surface area (Å²) in [6.45, 7) is 7.09. The lowest BCUT2D eigenvalue weighted by molar-refractivity contribution is -0.131. The highest BCUT2D eigenvalue weighted by Gasteiger charge is 2.13. The van der Waals surface area contributed by atoms with Gasteiger partial charge in [0.15, 0.2) is 0 Å². The normalized spacial score (nSPS) is 24.9. The summed E-state index contributed by atoms with van der Waals surface area (Å²) in [7, 11) is 0. The Labute approximate surface area is 95.5 Å². The standard InChI is InChI=1S/C11H19NO2S/c1-9(7-11(13)14)8-12-4-3-10(2)15-6-5-12/h7,10H,3-6,8H2,1-2H3,(H,13,14)/b9-7+. The van der Waals surface area contributed by atoms with E-state index in [1.54, 1.807) is 0 Å². The fourth-order valence-corrected chi connectivity index (χ4v) is 2.75. The molecule has 4 heteroatoms. The monoisotopic (exact) mass is 229 g/mol. The van der Waals surface area contributed by atoms with Gasteiger partial charge in [-0.3, -0.25) is 4.90 Å². The molecule has 1 fully saturated rings. The van der Waals surface area contributed by atoms with Crippen LogP contribution in [0.25, 0.3) is 0 Å². The first-order valence-electron chi connectivity index (χ1n) is 5.32. The summed E-state index contributed by atoms with van der Waals surface area (Å²) in [5.74, 6) is 0.312. The summed E-state index contributed by atoms with van der Waals surface area (Å²) in [4.78, 5) is 12.8. The predicted molar refractivity (Wildman–Crippen MR) is 64.4 cm³/mol. The summed E-state index contributed by atoms with van der Waals surface area (Å²) >= 11 is 2.01. The number of thioether (sulfide) groups is 1. The molecule has 0 saturated carbocycles. The van der Waals surface area contributed by atoms with Crippen LogP contribution in [0.2, 0.25) is 0 Å². The molecule has 3 nitrogen and oxygen atoms in total. The molecule has 15 heavy (non-hydrogen) atoms. The number of nitrogens with zero attached hydrogens (tertiary/aromatic N) is 1. The largest absolute Gasteiger partial charge is 0.478 e. The van der Waals surface area contributed by atoms with Gasteiger partial charge < -0.3 is 5.11 Å². The predicted octanol–water partition coefficient (Wildman–Crippen LogP) is 1.84. The van der Waals surface area contributed by atoms with Crippen LogP contribution >= 0.6 is 11.8 Å². The van der Waals surface area contributed by atoms with Crippen LogP contribution in [0, 0.1) is 0 Å². The van der Waals surface area contributed by atoms with Crippen molar-refractivity contribution in [2.75, 3.05) is 25.4 Å². The molecular weight excluding hydrogens is 210 g/mol. The number of carbonyl (C=O) groups is 1. The molecule has 0 amide bonds. The maximum absolute atomic E-state index is 10.5. The molecule has 0 bridgehead atoms. The lowest BCUT2D eigenvalue weighted by atomic mass is 10.2. The Morgan fingerprint density at radius 2 is 2.33 bits per heavy atom. The fourth-order valence-electron chi connectivity index (χ4n) is 1.71. The molecule has 0 aromatic carbocycles. The van der Waals surface area contributed by atoms with Gasteiger partial charge in [0.25, 0.3) is 0 Å². The first kappa shape index (κ1) is 12.6. The van der Waals surface area contributed by atoms with Gasteiger partial charge in [-0.15, -0.1) is 0 Å². The third kappa shape index (κ3) is 5.23. The van der Waals surface area contributed by atoms with Gasteiger partial charge in [0.05, 0.1) is 0 Å². The summed E-state index contributed by atoms with van der Waals surface area (Å²) in [6.07, 6.45) is 2.51. The molecule has 0 aromatic rings. The van der Waals surface area contributed by atoms with Crippen molar-refractivity contribution in [2.45, 2.75) is 25.5 Å². The SMILES string of the molecule is C/C(=C\C(=O)O)CN1CCSC(C)CC1. The molecule has 1 aliphatic rings. The van der Waals surface area contributed by atoms with E-state index in [-0.39, 0.29) is 0 Å². The van der Waals surface area contributed by atoms with E-state index in [1.165, 1.54) is 12.5 Å². The Morgan fingerprint density at radius 3 is 3.00 bits per heavy atom. The minimum absolute atomic E-state index is 0.735. The van der Waals surface area contributed by atoms with E-state index in [0.29, 0.717) is 0 Å². The second kappa shape index (κ2) is 6.18. The number of aliphatic carboxylic acids is 1. The summed E-state index contributed by atoms with van der Waals surface area (Å²) in [6, 6.07) is 0. The Kier molecular flexibility index (Phi) is 5.19. The van der Waals surface area contributed by atoms with Gasteiger partial charge in [-0.05, 0) is 19.9 Å². The molecule has 86 valence electrons. The lowest BCUT2D eigenvalue weighted by Crippen LogP contribution is -2.28. The van der Waals surface area contributed by atoms with E-state index >= 15 is 0 Å². The van der Waals surface area contributed by atoms with Crippen molar-refractivity contribution in [3.63, 3.8) is 0 Å². The molecule has 0 radical (unpaired) electrons. The summed E-state index contributed by atoms with van der Waals surface area (Å²) in [5.41, 5.74) is 0.932. The average molecular weight is 229 g/mol. The minimum atomic E-state index is -0.843. The second-order valence-corrected chi connectivity index (χ2v) is 5.62. The van der Waals surface area contributed by atoms with Crippen LogP contribution in [0.3, 0.4) is 0 Å². The van der Waals surface area contributed by atoms with Crippen molar-refractivity contribution in [1.82, 2.24) is 4.90 Å². The van der Waals surface area contributed by atoms with Crippen LogP contribution in [0.1, 0.15) is 20.3 Å². The van der Waals surface area contributed by atoms with Gasteiger partial charge >= 0.3 is 5.97 Å². The van der Waals surface area contributed by atoms with Gasteiger partial charge in [0.1, 0.15) is 0 Å². The van der Waals surface area contributed by atoms with Crippen molar-refractivity contribution in [1.29, 1.82) is 0 Å². The molecule has 1 heterocycles. The van der Waals surface area contributed by atoms with E-state index in [1.807, 2.05) is 18.7 Å². The summed E-state index contributed by atoms with van der Waals surface area (Å²) < 4.78 is 0. The molecule has 1 aliphatic heterocycles. The third-order valence-corrected chi connectivity index (χ3v) is 3.73. The zero-order valence-corrected chi connectivity index (χ0v) is 10.2. The van der Waals surface area contributed by atoms with Crippen molar-refractivity contribution < 1.29 is 9.90 Å². The zero-order valence-electron chi connectivity index (χ0n) is 9.40. The summed E-state index contributed by atoms with van der Waals surface area (Å²) in [5, 5.41) is 9.35. The van der Waals surface area contributed by atoms with Gasteiger partial charge in [-0.25, -0.2) is 4.79 Å². The minimum Gasteiger partial charge on any atom is -0.478 e. The smallest absolute Gasteiger partial charge is 0.328 e. The molecule has 0 aliphatic carbocycles. The average Bonchev–Trinajstić information content (AvgIpc) is 2.29. The quantitative estimate of drug-likeness (QED) is 0.750. The maximum atomic E-state index is 10.5. The van der Waals surface area contributed by atoms with E-state index in [2.05, 4.69) is 11.8 Å². The van der Waals surface area contributed by atoms with Crippen molar-refractivity contribution in [3.8, 4) is 0 Å². The van der Waals surface area contributed by atoms with Crippen LogP contribution in [0.4, 0.5) is 0 Å². The molecular formula is C11H19NO2S. The van der Waals surface area contributed by atoms with Gasteiger partial charge in [0.2, 0.25) is 0 Å². The Morgan fingerprint density at radius 1 is 1.60 bits per heavy atom. The molecule has 1 N–H and O–H groups in total. The van der Waals surface area contributed by atoms with Crippen LogP contribution in [0.5, 0.6) is 0 Å². The maximum Gasteiger partial charge on any atom is 0.328 e. The lowest BCUT2D eigenvalue weighted by Gasteiger charge is -2.19.